The van der Waals surface area contributed by atoms with Crippen LogP contribution in [0.2, 0.25) is 0 Å². The van der Waals surface area contributed by atoms with Crippen LogP contribution in [0.25, 0.3) is 0 Å². The van der Waals surface area contributed by atoms with Crippen molar-refractivity contribution >= 4 is 7.60 Å². The van der Waals surface area contributed by atoms with Gasteiger partial charge in [-0.05, 0) is 77.8 Å². The lowest BCUT2D eigenvalue weighted by atomic mass is 10.1. The van der Waals surface area contributed by atoms with Gasteiger partial charge in [0.15, 0.2) is 6.29 Å². The maximum absolute atomic E-state index is 13.2. The summed E-state index contributed by atoms with van der Waals surface area (Å²) in [6.45, 7) is 10.7. The van der Waals surface area contributed by atoms with Crippen LogP contribution < -0.4 is 0 Å². The van der Waals surface area contributed by atoms with Crippen molar-refractivity contribution in [3.8, 4) is 0 Å². The predicted molar refractivity (Wildman–Crippen MR) is 195 cm³/mol. The summed E-state index contributed by atoms with van der Waals surface area (Å²) in [6, 6.07) is 0. The number of unbranched alkanes of at least 4 members (excludes halogenated alkanes) is 18. The van der Waals surface area contributed by atoms with Gasteiger partial charge in [-0.15, -0.1) is 0 Å². The Morgan fingerprint density at radius 3 is 1.54 bits per heavy atom. The summed E-state index contributed by atoms with van der Waals surface area (Å²) < 4.78 is 30.7. The minimum atomic E-state index is -2.91. The summed E-state index contributed by atoms with van der Waals surface area (Å²) in [5.74, 6) is 0. The fraction of sp³-hybridized carbons (Fsp3) is 1.00. The lowest BCUT2D eigenvalue weighted by Gasteiger charge is -2.21. The Morgan fingerprint density at radius 1 is 0.630 bits per heavy atom. The van der Waals surface area contributed by atoms with E-state index >= 15 is 0 Å². The number of aliphatic hydroxyl groups excluding tert-OH is 2. The van der Waals surface area contributed by atoms with Gasteiger partial charge in [-0.1, -0.05) is 123 Å². The molecule has 3 atom stereocenters. The first kappa shape index (κ1) is 44.0. The SMILES string of the molecule is CCCCCCCCOP(=O)(OCCCCCCCN(CCO)CCCCCCCC(O)OC(C)CCCCCCCC)C1CC1. The molecule has 1 saturated carbocycles. The van der Waals surface area contributed by atoms with Crippen LogP contribution in [0, 0.1) is 0 Å². The second-order valence-corrected chi connectivity index (χ2v) is 16.4. The average molecular weight is 676 g/mol. The smallest absolute Gasteiger partial charge is 0.333 e. The molecule has 0 spiro atoms. The first-order chi connectivity index (χ1) is 22.4. The molecule has 0 aromatic rings. The molecule has 0 aromatic carbocycles. The van der Waals surface area contributed by atoms with Crippen LogP contribution in [0.15, 0.2) is 0 Å². The lowest BCUT2D eigenvalue weighted by Crippen LogP contribution is -2.29. The summed E-state index contributed by atoms with van der Waals surface area (Å²) in [5, 5.41) is 19.7. The quantitative estimate of drug-likeness (QED) is 0.0385. The minimum absolute atomic E-state index is 0.143. The molecule has 0 saturated heterocycles. The summed E-state index contributed by atoms with van der Waals surface area (Å²) in [4.78, 5) is 2.40. The van der Waals surface area contributed by atoms with E-state index in [1.54, 1.807) is 0 Å². The molecule has 0 aliphatic heterocycles. The molecule has 0 radical (unpaired) electrons. The van der Waals surface area contributed by atoms with Crippen LogP contribution in [0.3, 0.4) is 0 Å². The third kappa shape index (κ3) is 25.9. The Hall–Kier alpha value is -0.0100. The molecule has 2 N–H and O–H groups in total. The van der Waals surface area contributed by atoms with Gasteiger partial charge in [0.05, 0.1) is 31.6 Å². The van der Waals surface area contributed by atoms with Crippen molar-refractivity contribution in [3.05, 3.63) is 0 Å². The van der Waals surface area contributed by atoms with Crippen LogP contribution in [-0.2, 0) is 18.3 Å². The van der Waals surface area contributed by atoms with Gasteiger partial charge in [0.1, 0.15) is 0 Å². The normalized spacial score (nSPS) is 16.2. The van der Waals surface area contributed by atoms with Crippen LogP contribution in [0.5, 0.6) is 0 Å². The third-order valence-corrected chi connectivity index (χ3v) is 11.8. The van der Waals surface area contributed by atoms with Gasteiger partial charge < -0.3 is 28.9 Å². The first-order valence-electron chi connectivity index (χ1n) is 20.0. The van der Waals surface area contributed by atoms with Gasteiger partial charge in [-0.3, -0.25) is 4.57 Å². The van der Waals surface area contributed by atoms with Crippen molar-refractivity contribution in [1.82, 2.24) is 4.90 Å². The number of rotatable bonds is 37. The zero-order chi connectivity index (χ0) is 33.6. The lowest BCUT2D eigenvalue weighted by molar-refractivity contribution is -0.136. The highest BCUT2D eigenvalue weighted by molar-refractivity contribution is 7.55. The standard InChI is InChI=1S/C38H78NO6P/c1-4-6-8-10-14-20-26-36(3)45-38(41)27-21-15-12-16-22-30-39(32-33-40)31-23-17-13-19-25-35-44-46(42,37-28-29-37)43-34-24-18-11-9-7-5-2/h36-38,40-41H,4-35H2,1-3H3. The molecule has 0 heterocycles. The summed E-state index contributed by atoms with van der Waals surface area (Å²) in [6.07, 6.45) is 29.5. The monoisotopic (exact) mass is 676 g/mol. The first-order valence-corrected chi connectivity index (χ1v) is 21.6. The number of hydrogen-bond acceptors (Lipinski definition) is 7. The molecule has 0 bridgehead atoms. The highest BCUT2D eigenvalue weighted by atomic mass is 31.2. The van der Waals surface area contributed by atoms with E-state index in [1.165, 1.54) is 83.5 Å². The van der Waals surface area contributed by atoms with Gasteiger partial charge >= 0.3 is 7.60 Å². The van der Waals surface area contributed by atoms with Gasteiger partial charge in [-0.25, -0.2) is 0 Å². The Bertz CT molecular complexity index is 694. The van der Waals surface area contributed by atoms with Crippen molar-refractivity contribution in [2.24, 2.45) is 0 Å². The molecule has 0 amide bonds. The van der Waals surface area contributed by atoms with Crippen LogP contribution >= 0.6 is 7.60 Å². The van der Waals surface area contributed by atoms with E-state index in [4.69, 9.17) is 13.8 Å². The fourth-order valence-corrected chi connectivity index (χ4v) is 8.20. The second-order valence-electron chi connectivity index (χ2n) is 14.1. The van der Waals surface area contributed by atoms with E-state index in [0.29, 0.717) is 13.2 Å². The number of aliphatic hydroxyl groups is 2. The average Bonchev–Trinajstić information content (AvgIpc) is 3.89. The second kappa shape index (κ2) is 31.0. The van der Waals surface area contributed by atoms with Gasteiger partial charge in [0, 0.05) is 6.54 Å². The van der Waals surface area contributed by atoms with Crippen molar-refractivity contribution in [2.45, 2.75) is 206 Å². The summed E-state index contributed by atoms with van der Waals surface area (Å²) in [5.41, 5.74) is 0.144. The molecule has 46 heavy (non-hydrogen) atoms. The number of nitrogens with zero attached hydrogens (tertiary/aromatic N) is 1. The molecule has 1 rings (SSSR count). The maximum atomic E-state index is 13.2. The van der Waals surface area contributed by atoms with E-state index in [9.17, 15) is 14.8 Å². The fourth-order valence-electron chi connectivity index (χ4n) is 6.15. The van der Waals surface area contributed by atoms with E-state index in [2.05, 4.69) is 25.7 Å². The zero-order valence-corrected chi connectivity index (χ0v) is 31.7. The predicted octanol–water partition coefficient (Wildman–Crippen LogP) is 10.8. The largest absolute Gasteiger partial charge is 0.395 e. The highest BCUT2D eigenvalue weighted by Gasteiger charge is 2.43. The van der Waals surface area contributed by atoms with Gasteiger partial charge in [-0.2, -0.15) is 0 Å². The summed E-state index contributed by atoms with van der Waals surface area (Å²) >= 11 is 0. The van der Waals surface area contributed by atoms with Crippen LogP contribution in [0.1, 0.15) is 188 Å². The molecule has 8 heteroatoms. The minimum Gasteiger partial charge on any atom is -0.395 e. The van der Waals surface area contributed by atoms with Crippen molar-refractivity contribution < 1.29 is 28.6 Å². The Kier molecular flexibility index (Phi) is 29.7. The molecule has 0 aromatic heterocycles. The van der Waals surface area contributed by atoms with Crippen molar-refractivity contribution in [3.63, 3.8) is 0 Å². The Balaban J connectivity index is 2.00. The van der Waals surface area contributed by atoms with E-state index in [1.807, 2.05) is 0 Å². The van der Waals surface area contributed by atoms with Crippen LogP contribution in [0.4, 0.5) is 0 Å². The third-order valence-electron chi connectivity index (χ3n) is 9.35. The van der Waals surface area contributed by atoms with Crippen molar-refractivity contribution in [1.29, 1.82) is 0 Å². The van der Waals surface area contributed by atoms with E-state index < -0.39 is 13.9 Å². The molecule has 1 fully saturated rings. The van der Waals surface area contributed by atoms with Gasteiger partial charge in [0.2, 0.25) is 0 Å². The molecule has 276 valence electrons. The van der Waals surface area contributed by atoms with Crippen LogP contribution in [-0.4, -0.2) is 72.6 Å². The molecule has 3 unspecified atom stereocenters. The number of ether oxygens (including phenoxy) is 1. The Labute approximate surface area is 285 Å². The summed E-state index contributed by atoms with van der Waals surface area (Å²) in [7, 11) is -2.91. The molecular formula is C38H78NO6P. The number of hydrogen-bond donors (Lipinski definition) is 2. The van der Waals surface area contributed by atoms with E-state index in [0.717, 1.165) is 103 Å². The zero-order valence-electron chi connectivity index (χ0n) is 30.8. The molecular weight excluding hydrogens is 597 g/mol. The molecule has 1 aliphatic carbocycles. The van der Waals surface area contributed by atoms with E-state index in [-0.39, 0.29) is 18.4 Å². The highest BCUT2D eigenvalue weighted by Crippen LogP contribution is 2.62. The topological polar surface area (TPSA) is 88.5 Å². The Morgan fingerprint density at radius 2 is 1.07 bits per heavy atom. The van der Waals surface area contributed by atoms with Gasteiger partial charge in [0.25, 0.3) is 0 Å². The van der Waals surface area contributed by atoms with Crippen molar-refractivity contribution in [2.75, 3.05) is 39.5 Å². The molecule has 1 aliphatic rings. The molecule has 7 nitrogen and oxygen atoms in total. The maximum Gasteiger partial charge on any atom is 0.333 e.